The van der Waals surface area contributed by atoms with Gasteiger partial charge in [-0.2, -0.15) is 0 Å². The molecule has 0 radical (unpaired) electrons. The molecule has 0 aromatic heterocycles. The van der Waals surface area contributed by atoms with Crippen LogP contribution in [-0.4, -0.2) is 17.7 Å². The molecule has 3 heteroatoms. The van der Waals surface area contributed by atoms with Gasteiger partial charge in [0, 0.05) is 6.04 Å². The highest BCUT2D eigenvalue weighted by Gasteiger charge is 2.18. The van der Waals surface area contributed by atoms with Crippen LogP contribution in [0.15, 0.2) is 24.3 Å². The Kier molecular flexibility index (Phi) is 6.16. The zero-order chi connectivity index (χ0) is 12.7. The first-order valence-corrected chi connectivity index (χ1v) is 6.36. The van der Waals surface area contributed by atoms with Crippen LogP contribution < -0.4 is 5.32 Å². The summed E-state index contributed by atoms with van der Waals surface area (Å²) in [5, 5.41) is 13.5. The molecule has 1 aromatic carbocycles. The lowest BCUT2D eigenvalue weighted by Gasteiger charge is -2.23. The van der Waals surface area contributed by atoms with Crippen molar-refractivity contribution < 1.29 is 9.50 Å². The second kappa shape index (κ2) is 7.41. The molecule has 2 nitrogen and oxygen atoms in total. The molecular formula is C14H22FNO. The highest BCUT2D eigenvalue weighted by atomic mass is 19.1. The van der Waals surface area contributed by atoms with Crippen molar-refractivity contribution >= 4 is 0 Å². The van der Waals surface area contributed by atoms with Crippen molar-refractivity contribution in [2.45, 2.75) is 45.3 Å². The van der Waals surface area contributed by atoms with Crippen LogP contribution in [0.2, 0.25) is 0 Å². The van der Waals surface area contributed by atoms with Crippen LogP contribution in [0, 0.1) is 5.82 Å². The van der Waals surface area contributed by atoms with Gasteiger partial charge in [0.05, 0.1) is 6.10 Å². The van der Waals surface area contributed by atoms with Gasteiger partial charge in [-0.1, -0.05) is 32.4 Å². The lowest BCUT2D eigenvalue weighted by atomic mass is 10.00. The van der Waals surface area contributed by atoms with E-state index in [4.69, 9.17) is 0 Å². The summed E-state index contributed by atoms with van der Waals surface area (Å²) < 4.78 is 12.8. The van der Waals surface area contributed by atoms with E-state index in [-0.39, 0.29) is 11.9 Å². The predicted octanol–water partition coefficient (Wildman–Crippen LogP) is 3.03. The first-order valence-electron chi connectivity index (χ1n) is 6.36. The number of halogens is 1. The summed E-state index contributed by atoms with van der Waals surface area (Å²) in [5.41, 5.74) is 0.766. The molecule has 1 aromatic rings. The van der Waals surface area contributed by atoms with Gasteiger partial charge >= 0.3 is 0 Å². The molecule has 0 aliphatic heterocycles. The minimum Gasteiger partial charge on any atom is -0.387 e. The number of rotatable bonds is 7. The smallest absolute Gasteiger partial charge is 0.123 e. The van der Waals surface area contributed by atoms with Gasteiger partial charge in [0.15, 0.2) is 0 Å². The van der Waals surface area contributed by atoms with E-state index in [9.17, 15) is 9.50 Å². The monoisotopic (exact) mass is 239 g/mol. The van der Waals surface area contributed by atoms with Crippen molar-refractivity contribution in [3.63, 3.8) is 0 Å². The topological polar surface area (TPSA) is 32.3 Å². The van der Waals surface area contributed by atoms with E-state index in [1.807, 2.05) is 6.92 Å². The van der Waals surface area contributed by atoms with Gasteiger partial charge in [-0.3, -0.25) is 0 Å². The van der Waals surface area contributed by atoms with Gasteiger partial charge in [-0.25, -0.2) is 4.39 Å². The Labute approximate surface area is 103 Å². The molecule has 0 aliphatic rings. The molecule has 0 aliphatic carbocycles. The van der Waals surface area contributed by atoms with Crippen molar-refractivity contribution in [1.29, 1.82) is 0 Å². The minimum absolute atomic E-state index is 0.0343. The molecule has 96 valence electrons. The molecule has 2 unspecified atom stereocenters. The van der Waals surface area contributed by atoms with Crippen molar-refractivity contribution in [2.75, 3.05) is 6.54 Å². The third-order valence-corrected chi connectivity index (χ3v) is 2.97. The molecule has 0 fully saturated rings. The number of aliphatic hydroxyl groups excluding tert-OH is 1. The minimum atomic E-state index is -0.572. The number of unbranched alkanes of at least 4 members (excludes halogenated alkanes) is 1. The normalized spacial score (nSPS) is 14.6. The van der Waals surface area contributed by atoms with Crippen LogP contribution in [0.4, 0.5) is 4.39 Å². The predicted molar refractivity (Wildman–Crippen MR) is 68.3 cm³/mol. The summed E-state index contributed by atoms with van der Waals surface area (Å²) in [6.45, 7) is 5.09. The number of aliphatic hydroxyl groups is 1. The van der Waals surface area contributed by atoms with Crippen LogP contribution in [0.5, 0.6) is 0 Å². The fraction of sp³-hybridized carbons (Fsp3) is 0.571. The van der Waals surface area contributed by atoms with Gasteiger partial charge in [0.25, 0.3) is 0 Å². The zero-order valence-electron chi connectivity index (χ0n) is 10.6. The summed E-state index contributed by atoms with van der Waals surface area (Å²) in [4.78, 5) is 0. The molecule has 1 rings (SSSR count). The Morgan fingerprint density at radius 3 is 2.41 bits per heavy atom. The largest absolute Gasteiger partial charge is 0.387 e. The van der Waals surface area contributed by atoms with Crippen molar-refractivity contribution in [2.24, 2.45) is 0 Å². The number of nitrogens with one attached hydrogen (secondary N) is 1. The summed E-state index contributed by atoms with van der Waals surface area (Å²) in [7, 11) is 0. The van der Waals surface area contributed by atoms with Crippen LogP contribution in [0.25, 0.3) is 0 Å². The molecule has 17 heavy (non-hydrogen) atoms. The molecule has 2 N–H and O–H groups in total. The van der Waals surface area contributed by atoms with E-state index >= 15 is 0 Å². The molecule has 2 atom stereocenters. The fourth-order valence-corrected chi connectivity index (χ4v) is 1.84. The Bertz CT molecular complexity index is 313. The van der Waals surface area contributed by atoms with Gasteiger partial charge in [-0.05, 0) is 37.1 Å². The Balaban J connectivity index is 2.58. The quantitative estimate of drug-likeness (QED) is 0.717. The number of benzene rings is 1. The van der Waals surface area contributed by atoms with Gasteiger partial charge in [-0.15, -0.1) is 0 Å². The standard InChI is InChI=1S/C14H22FNO/c1-3-5-10-16-13(4-2)14(17)11-6-8-12(15)9-7-11/h6-9,13-14,16-17H,3-5,10H2,1-2H3. The summed E-state index contributed by atoms with van der Waals surface area (Å²) >= 11 is 0. The molecule has 0 saturated carbocycles. The van der Waals surface area contributed by atoms with Crippen molar-refractivity contribution in [3.8, 4) is 0 Å². The molecule has 0 bridgehead atoms. The summed E-state index contributed by atoms with van der Waals surface area (Å²) in [6.07, 6.45) is 2.52. The van der Waals surface area contributed by atoms with E-state index < -0.39 is 6.10 Å². The van der Waals surface area contributed by atoms with E-state index in [2.05, 4.69) is 12.2 Å². The first kappa shape index (κ1) is 14.1. The lowest BCUT2D eigenvalue weighted by molar-refractivity contribution is 0.126. The lowest BCUT2D eigenvalue weighted by Crippen LogP contribution is -2.35. The van der Waals surface area contributed by atoms with Crippen molar-refractivity contribution in [1.82, 2.24) is 5.32 Å². The van der Waals surface area contributed by atoms with E-state index in [1.165, 1.54) is 12.1 Å². The van der Waals surface area contributed by atoms with Crippen LogP contribution in [0.1, 0.15) is 44.8 Å². The molecular weight excluding hydrogens is 217 g/mol. The molecule has 0 saturated heterocycles. The molecule has 0 heterocycles. The maximum atomic E-state index is 12.8. The third-order valence-electron chi connectivity index (χ3n) is 2.97. The third kappa shape index (κ3) is 4.44. The molecule has 0 amide bonds. The van der Waals surface area contributed by atoms with Gasteiger partial charge in [0.2, 0.25) is 0 Å². The second-order valence-corrected chi connectivity index (χ2v) is 4.32. The van der Waals surface area contributed by atoms with Gasteiger partial charge in [0.1, 0.15) is 5.82 Å². The average Bonchev–Trinajstić information content (AvgIpc) is 2.35. The van der Waals surface area contributed by atoms with Crippen LogP contribution in [0.3, 0.4) is 0 Å². The fourth-order valence-electron chi connectivity index (χ4n) is 1.84. The van der Waals surface area contributed by atoms with E-state index in [1.54, 1.807) is 12.1 Å². The maximum absolute atomic E-state index is 12.8. The Hall–Kier alpha value is -0.930. The highest BCUT2D eigenvalue weighted by molar-refractivity contribution is 5.19. The number of hydrogen-bond donors (Lipinski definition) is 2. The van der Waals surface area contributed by atoms with E-state index in [0.29, 0.717) is 0 Å². The summed E-state index contributed by atoms with van der Waals surface area (Å²) in [6, 6.07) is 6.09. The van der Waals surface area contributed by atoms with Crippen molar-refractivity contribution in [3.05, 3.63) is 35.6 Å². The van der Waals surface area contributed by atoms with Crippen LogP contribution in [-0.2, 0) is 0 Å². The Morgan fingerprint density at radius 2 is 1.88 bits per heavy atom. The highest BCUT2D eigenvalue weighted by Crippen LogP contribution is 2.19. The van der Waals surface area contributed by atoms with Gasteiger partial charge < -0.3 is 10.4 Å². The molecule has 0 spiro atoms. The summed E-state index contributed by atoms with van der Waals surface area (Å²) in [5.74, 6) is -0.270. The zero-order valence-corrected chi connectivity index (χ0v) is 10.6. The maximum Gasteiger partial charge on any atom is 0.123 e. The SMILES string of the molecule is CCCCNC(CC)C(O)c1ccc(F)cc1. The van der Waals surface area contributed by atoms with E-state index in [0.717, 1.165) is 31.4 Å². The average molecular weight is 239 g/mol. The number of hydrogen-bond acceptors (Lipinski definition) is 2. The Morgan fingerprint density at radius 1 is 1.24 bits per heavy atom. The second-order valence-electron chi connectivity index (χ2n) is 4.32. The first-order chi connectivity index (χ1) is 8.19. The van der Waals surface area contributed by atoms with Crippen LogP contribution >= 0.6 is 0 Å².